The third-order valence-electron chi connectivity index (χ3n) is 4.27. The molecule has 0 amide bonds. The van der Waals surface area contributed by atoms with Gasteiger partial charge in [-0.1, -0.05) is 18.2 Å². The zero-order chi connectivity index (χ0) is 14.2. The molecule has 1 aromatic heterocycles. The Morgan fingerprint density at radius 3 is 3.00 bits per heavy atom. The van der Waals surface area contributed by atoms with Crippen molar-refractivity contribution < 1.29 is 9.90 Å². The predicted octanol–water partition coefficient (Wildman–Crippen LogP) is 1.57. The van der Waals surface area contributed by atoms with Crippen molar-refractivity contribution in [2.24, 2.45) is 12.5 Å². The molecular weight excluding hydrogens is 254 g/mol. The highest BCUT2D eigenvalue weighted by Crippen LogP contribution is 2.33. The Hall–Kier alpha value is -1.88. The number of hydrogen-bond acceptors (Lipinski definition) is 3. The minimum absolute atomic E-state index is 0.483. The Kier molecular flexibility index (Phi) is 3.22. The zero-order valence-corrected chi connectivity index (χ0v) is 11.6. The monoisotopic (exact) mass is 273 g/mol. The van der Waals surface area contributed by atoms with E-state index in [0.717, 1.165) is 29.6 Å². The lowest BCUT2D eigenvalue weighted by Crippen LogP contribution is -2.47. The first-order chi connectivity index (χ1) is 9.62. The van der Waals surface area contributed by atoms with Crippen LogP contribution in [0.5, 0.6) is 0 Å². The normalized spacial score (nSPS) is 23.1. The first kappa shape index (κ1) is 13.1. The smallest absolute Gasteiger partial charge is 0.311 e. The molecule has 1 atom stereocenters. The molecule has 1 aliphatic heterocycles. The molecule has 2 N–H and O–H groups in total. The molecule has 20 heavy (non-hydrogen) atoms. The fourth-order valence-electron chi connectivity index (χ4n) is 3.12. The van der Waals surface area contributed by atoms with Crippen molar-refractivity contribution in [2.75, 3.05) is 13.1 Å². The van der Waals surface area contributed by atoms with Crippen molar-refractivity contribution in [3.05, 3.63) is 30.0 Å². The number of piperidine rings is 1. The number of aryl methyl sites for hydroxylation is 1. The quantitative estimate of drug-likeness (QED) is 0.891. The van der Waals surface area contributed by atoms with E-state index in [4.69, 9.17) is 0 Å². The van der Waals surface area contributed by atoms with Gasteiger partial charge >= 0.3 is 5.97 Å². The van der Waals surface area contributed by atoms with Crippen LogP contribution in [0.1, 0.15) is 18.5 Å². The molecule has 0 bridgehead atoms. The van der Waals surface area contributed by atoms with Crippen LogP contribution < -0.4 is 5.32 Å². The van der Waals surface area contributed by atoms with E-state index < -0.39 is 11.4 Å². The topological polar surface area (TPSA) is 67.2 Å². The van der Waals surface area contributed by atoms with Crippen LogP contribution in [0.2, 0.25) is 0 Å². The predicted molar refractivity (Wildman–Crippen MR) is 76.6 cm³/mol. The van der Waals surface area contributed by atoms with Crippen molar-refractivity contribution in [3.8, 4) is 0 Å². The molecule has 0 saturated carbocycles. The van der Waals surface area contributed by atoms with Gasteiger partial charge in [0.1, 0.15) is 0 Å². The molecule has 2 aromatic rings. The van der Waals surface area contributed by atoms with Crippen molar-refractivity contribution in [1.82, 2.24) is 15.1 Å². The van der Waals surface area contributed by atoms with Crippen LogP contribution in [-0.2, 0) is 18.3 Å². The van der Waals surface area contributed by atoms with Gasteiger partial charge in [0.15, 0.2) is 0 Å². The molecule has 0 spiro atoms. The van der Waals surface area contributed by atoms with Gasteiger partial charge in [0.2, 0.25) is 0 Å². The van der Waals surface area contributed by atoms with Crippen LogP contribution in [0.25, 0.3) is 10.9 Å². The highest BCUT2D eigenvalue weighted by Gasteiger charge is 2.40. The van der Waals surface area contributed by atoms with E-state index >= 15 is 0 Å². The van der Waals surface area contributed by atoms with Gasteiger partial charge in [-0.25, -0.2) is 0 Å². The average Bonchev–Trinajstić information content (AvgIpc) is 2.77. The molecule has 2 heterocycles. The van der Waals surface area contributed by atoms with Gasteiger partial charge < -0.3 is 10.4 Å². The minimum atomic E-state index is -0.727. The second kappa shape index (κ2) is 4.90. The number of nitrogens with zero attached hydrogens (tertiary/aromatic N) is 2. The van der Waals surface area contributed by atoms with E-state index in [1.165, 1.54) is 0 Å². The molecule has 5 nitrogen and oxygen atoms in total. The van der Waals surface area contributed by atoms with Gasteiger partial charge in [-0.15, -0.1) is 0 Å². The number of carboxylic acids is 1. The minimum Gasteiger partial charge on any atom is -0.481 e. The standard InChI is InChI=1S/C15H19N3O2/c1-18-13-6-3-2-5-11(13)12(17-18)9-15(14(19)20)7-4-8-16-10-15/h2-3,5-6,16H,4,7-10H2,1H3,(H,19,20). The van der Waals surface area contributed by atoms with Gasteiger partial charge in [0, 0.05) is 25.4 Å². The second-order valence-electron chi connectivity index (χ2n) is 5.63. The van der Waals surface area contributed by atoms with Gasteiger partial charge in [-0.3, -0.25) is 9.48 Å². The SMILES string of the molecule is Cn1nc(CC2(C(=O)O)CCCNC2)c2ccccc21. The van der Waals surface area contributed by atoms with Crippen molar-refractivity contribution >= 4 is 16.9 Å². The first-order valence-corrected chi connectivity index (χ1v) is 6.97. The fraction of sp³-hybridized carbons (Fsp3) is 0.467. The summed E-state index contributed by atoms with van der Waals surface area (Å²) in [5.74, 6) is -0.723. The summed E-state index contributed by atoms with van der Waals surface area (Å²) >= 11 is 0. The number of aliphatic carboxylic acids is 1. The molecule has 3 rings (SSSR count). The number of benzene rings is 1. The van der Waals surface area contributed by atoms with E-state index in [1.54, 1.807) is 0 Å². The van der Waals surface area contributed by atoms with E-state index in [9.17, 15) is 9.90 Å². The lowest BCUT2D eigenvalue weighted by atomic mass is 9.76. The lowest BCUT2D eigenvalue weighted by Gasteiger charge is -2.33. The van der Waals surface area contributed by atoms with Crippen molar-refractivity contribution in [2.45, 2.75) is 19.3 Å². The van der Waals surface area contributed by atoms with Gasteiger partial charge in [0.25, 0.3) is 0 Å². The van der Waals surface area contributed by atoms with Crippen LogP contribution in [0, 0.1) is 5.41 Å². The van der Waals surface area contributed by atoms with Gasteiger partial charge in [-0.05, 0) is 25.5 Å². The number of carboxylic acid groups (broad SMARTS) is 1. The molecule has 0 aliphatic carbocycles. The number of carbonyl (C=O) groups is 1. The Labute approximate surface area is 117 Å². The maximum Gasteiger partial charge on any atom is 0.311 e. The molecule has 106 valence electrons. The van der Waals surface area contributed by atoms with Crippen LogP contribution in [0.3, 0.4) is 0 Å². The fourth-order valence-corrected chi connectivity index (χ4v) is 3.12. The van der Waals surface area contributed by atoms with E-state index in [2.05, 4.69) is 10.4 Å². The molecule has 0 radical (unpaired) electrons. The molecule has 5 heteroatoms. The number of rotatable bonds is 3. The third-order valence-corrected chi connectivity index (χ3v) is 4.27. The summed E-state index contributed by atoms with van der Waals surface area (Å²) in [6, 6.07) is 7.98. The lowest BCUT2D eigenvalue weighted by molar-refractivity contribution is -0.150. The van der Waals surface area contributed by atoms with E-state index in [-0.39, 0.29) is 0 Å². The number of fused-ring (bicyclic) bond motifs is 1. The first-order valence-electron chi connectivity index (χ1n) is 6.97. The van der Waals surface area contributed by atoms with Crippen LogP contribution in [-0.4, -0.2) is 33.9 Å². The van der Waals surface area contributed by atoms with Crippen LogP contribution in [0.15, 0.2) is 24.3 Å². The van der Waals surface area contributed by atoms with Crippen LogP contribution >= 0.6 is 0 Å². The second-order valence-corrected chi connectivity index (χ2v) is 5.63. The Bertz CT molecular complexity index is 642. The molecule has 1 unspecified atom stereocenters. The van der Waals surface area contributed by atoms with Crippen molar-refractivity contribution in [3.63, 3.8) is 0 Å². The zero-order valence-electron chi connectivity index (χ0n) is 11.6. The number of nitrogens with one attached hydrogen (secondary N) is 1. The molecular formula is C15H19N3O2. The number of hydrogen-bond donors (Lipinski definition) is 2. The van der Waals surface area contributed by atoms with Gasteiger partial charge in [-0.2, -0.15) is 5.10 Å². The molecule has 1 aromatic carbocycles. The summed E-state index contributed by atoms with van der Waals surface area (Å²) < 4.78 is 1.83. The summed E-state index contributed by atoms with van der Waals surface area (Å²) in [6.07, 6.45) is 2.09. The molecule has 1 fully saturated rings. The van der Waals surface area contributed by atoms with Crippen LogP contribution in [0.4, 0.5) is 0 Å². The summed E-state index contributed by atoms with van der Waals surface area (Å²) in [7, 11) is 1.90. The average molecular weight is 273 g/mol. The molecule has 1 aliphatic rings. The van der Waals surface area contributed by atoms with E-state index in [1.807, 2.05) is 36.0 Å². The highest BCUT2D eigenvalue weighted by atomic mass is 16.4. The van der Waals surface area contributed by atoms with Crippen molar-refractivity contribution in [1.29, 1.82) is 0 Å². The maximum atomic E-state index is 11.7. The Balaban J connectivity index is 2.01. The largest absolute Gasteiger partial charge is 0.481 e. The highest BCUT2D eigenvalue weighted by molar-refractivity contribution is 5.83. The summed E-state index contributed by atoms with van der Waals surface area (Å²) in [5.41, 5.74) is 1.20. The maximum absolute atomic E-state index is 11.7. The summed E-state index contributed by atoms with van der Waals surface area (Å²) in [4.78, 5) is 11.7. The summed E-state index contributed by atoms with van der Waals surface area (Å²) in [5, 5.41) is 18.5. The number of para-hydroxylation sites is 1. The third kappa shape index (κ3) is 2.08. The number of aromatic nitrogens is 2. The summed E-state index contributed by atoms with van der Waals surface area (Å²) in [6.45, 7) is 1.42. The van der Waals surface area contributed by atoms with E-state index in [0.29, 0.717) is 19.4 Å². The Morgan fingerprint density at radius 2 is 2.30 bits per heavy atom. The Morgan fingerprint density at radius 1 is 1.50 bits per heavy atom. The molecule has 1 saturated heterocycles. The van der Waals surface area contributed by atoms with Gasteiger partial charge in [0.05, 0.1) is 16.6 Å².